The molecule has 1 heterocycles. The van der Waals surface area contributed by atoms with Crippen molar-refractivity contribution in [2.24, 2.45) is 0 Å². The lowest BCUT2D eigenvalue weighted by atomic mass is 10.1. The molecule has 0 saturated carbocycles. The Hall–Kier alpha value is -3.07. The summed E-state index contributed by atoms with van der Waals surface area (Å²) in [6.45, 7) is 0. The maximum absolute atomic E-state index is 11.3. The maximum atomic E-state index is 11.3. The van der Waals surface area contributed by atoms with E-state index in [-0.39, 0.29) is 0 Å². The van der Waals surface area contributed by atoms with Crippen LogP contribution in [-0.2, 0) is 0 Å². The molecule has 0 atom stereocenters. The molecule has 0 aliphatic carbocycles. The predicted molar refractivity (Wildman–Crippen MR) is 92.8 cm³/mol. The number of fused-ring (bicyclic) bond motifs is 1. The summed E-state index contributed by atoms with van der Waals surface area (Å²) in [4.78, 5) is 15.4. The van der Waals surface area contributed by atoms with Crippen molar-refractivity contribution in [2.45, 2.75) is 0 Å². The molecule has 0 bridgehead atoms. The zero-order chi connectivity index (χ0) is 17.1. The number of pyridine rings is 1. The smallest absolute Gasteiger partial charge is 0.274 e. The van der Waals surface area contributed by atoms with Crippen LogP contribution in [0.4, 0.5) is 5.82 Å². The monoisotopic (exact) mass is 337 g/mol. The number of benzene rings is 2. The first-order valence-corrected chi connectivity index (χ1v) is 7.36. The normalized spacial score (nSPS) is 10.1. The fourth-order valence-corrected chi connectivity index (χ4v) is 2.41. The largest absolute Gasteiger partial charge is 0.383 e. The van der Waals surface area contributed by atoms with Gasteiger partial charge in [0.1, 0.15) is 5.82 Å². The van der Waals surface area contributed by atoms with Crippen LogP contribution in [0.3, 0.4) is 0 Å². The second-order valence-electron chi connectivity index (χ2n) is 5.02. The molecule has 0 unspecified atom stereocenters. The summed E-state index contributed by atoms with van der Waals surface area (Å²) in [5.41, 5.74) is 9.16. The summed E-state index contributed by atoms with van der Waals surface area (Å²) in [7, 11) is 0. The van der Waals surface area contributed by atoms with Crippen molar-refractivity contribution in [1.29, 1.82) is 0 Å². The zero-order valence-electron chi connectivity index (χ0n) is 12.4. The topological polar surface area (TPSA) is 88.2 Å². The minimum absolute atomic E-state index is 0.327. The predicted octanol–water partition coefficient (Wildman–Crippen LogP) is 2.99. The Morgan fingerprint density at radius 2 is 1.92 bits per heavy atom. The van der Waals surface area contributed by atoms with Gasteiger partial charge in [-0.1, -0.05) is 29.5 Å². The van der Waals surface area contributed by atoms with Crippen molar-refractivity contribution in [3.63, 3.8) is 0 Å². The van der Waals surface area contributed by atoms with E-state index < -0.39 is 5.91 Å². The summed E-state index contributed by atoms with van der Waals surface area (Å²) in [5.74, 6) is 5.76. The molecule has 0 saturated heterocycles. The first kappa shape index (κ1) is 15.8. The average Bonchev–Trinajstić information content (AvgIpc) is 2.60. The van der Waals surface area contributed by atoms with Crippen molar-refractivity contribution >= 4 is 34.1 Å². The number of amides is 1. The summed E-state index contributed by atoms with van der Waals surface area (Å²) in [6.07, 6.45) is 1.68. The first-order chi connectivity index (χ1) is 11.6. The van der Waals surface area contributed by atoms with Crippen molar-refractivity contribution in [3.05, 3.63) is 70.4 Å². The van der Waals surface area contributed by atoms with Gasteiger partial charge >= 0.3 is 0 Å². The van der Waals surface area contributed by atoms with Gasteiger partial charge in [0.15, 0.2) is 0 Å². The minimum atomic E-state index is -0.577. The Kier molecular flexibility index (Phi) is 4.34. The molecule has 0 fully saturated rings. The SMILES string of the molecule is Nc1ncc2ccc(Cl)cc2c1C#Cc1ccc(C(=O)NO)cc1. The van der Waals surface area contributed by atoms with Crippen LogP contribution in [0.15, 0.2) is 48.7 Å². The van der Waals surface area contributed by atoms with E-state index in [1.165, 1.54) is 0 Å². The van der Waals surface area contributed by atoms with Crippen LogP contribution in [0.2, 0.25) is 5.02 Å². The molecule has 0 aliphatic heterocycles. The number of hydrogen-bond acceptors (Lipinski definition) is 4. The highest BCUT2D eigenvalue weighted by atomic mass is 35.5. The maximum Gasteiger partial charge on any atom is 0.274 e. The van der Waals surface area contributed by atoms with Crippen LogP contribution >= 0.6 is 11.6 Å². The van der Waals surface area contributed by atoms with Crippen molar-refractivity contribution in [2.75, 3.05) is 5.73 Å². The third-order valence-electron chi connectivity index (χ3n) is 3.46. The third-order valence-corrected chi connectivity index (χ3v) is 3.70. The van der Waals surface area contributed by atoms with E-state index in [0.29, 0.717) is 27.5 Å². The number of nitrogens with two attached hydrogens (primary N) is 1. The number of anilines is 1. The fourth-order valence-electron chi connectivity index (χ4n) is 2.23. The number of halogens is 1. The molecule has 3 rings (SSSR count). The van der Waals surface area contributed by atoms with Crippen LogP contribution in [0, 0.1) is 11.8 Å². The highest BCUT2D eigenvalue weighted by Crippen LogP contribution is 2.24. The number of hydrogen-bond donors (Lipinski definition) is 3. The van der Waals surface area contributed by atoms with E-state index in [9.17, 15) is 4.79 Å². The van der Waals surface area contributed by atoms with Crippen molar-refractivity contribution < 1.29 is 10.0 Å². The molecule has 3 aromatic rings. The summed E-state index contributed by atoms with van der Waals surface area (Å²) in [5, 5.41) is 10.9. The van der Waals surface area contributed by atoms with Crippen molar-refractivity contribution in [3.8, 4) is 11.8 Å². The van der Waals surface area contributed by atoms with Crippen LogP contribution < -0.4 is 11.2 Å². The third kappa shape index (κ3) is 3.15. The molecule has 24 heavy (non-hydrogen) atoms. The number of nitrogens with one attached hydrogen (secondary N) is 1. The van der Waals surface area contributed by atoms with Crippen molar-refractivity contribution in [1.82, 2.24) is 10.5 Å². The Morgan fingerprint density at radius 1 is 1.17 bits per heavy atom. The highest BCUT2D eigenvalue weighted by molar-refractivity contribution is 6.31. The van der Waals surface area contributed by atoms with Gasteiger partial charge in [0.2, 0.25) is 0 Å². The average molecular weight is 338 g/mol. The van der Waals surface area contributed by atoms with Gasteiger partial charge in [0, 0.05) is 33.1 Å². The number of rotatable bonds is 1. The van der Waals surface area contributed by atoms with Gasteiger partial charge in [-0.3, -0.25) is 10.0 Å². The van der Waals surface area contributed by atoms with Gasteiger partial charge in [-0.15, -0.1) is 0 Å². The molecule has 6 heteroatoms. The number of carbonyl (C=O) groups is 1. The molecule has 1 aromatic heterocycles. The molecular formula is C18H12ClN3O2. The van der Waals surface area contributed by atoms with Crippen LogP contribution in [0.5, 0.6) is 0 Å². The molecule has 0 aliphatic rings. The molecule has 2 aromatic carbocycles. The van der Waals surface area contributed by atoms with Gasteiger partial charge in [0.25, 0.3) is 5.91 Å². The number of nitrogen functional groups attached to an aromatic ring is 1. The van der Waals surface area contributed by atoms with Crippen LogP contribution in [-0.4, -0.2) is 16.1 Å². The molecule has 4 N–H and O–H groups in total. The summed E-state index contributed by atoms with van der Waals surface area (Å²) >= 11 is 6.05. The quantitative estimate of drug-likeness (QED) is 0.362. The zero-order valence-corrected chi connectivity index (χ0v) is 13.1. The van der Waals surface area contributed by atoms with E-state index in [4.69, 9.17) is 22.5 Å². The molecule has 118 valence electrons. The Bertz CT molecular complexity index is 984. The minimum Gasteiger partial charge on any atom is -0.383 e. The Balaban J connectivity index is 2.02. The second-order valence-corrected chi connectivity index (χ2v) is 5.45. The molecular weight excluding hydrogens is 326 g/mol. The standard InChI is InChI=1S/C18H12ClN3O2/c19-14-7-6-13-10-21-17(20)15(16(13)9-14)8-3-11-1-4-12(5-2-11)18(23)22-24/h1-2,4-7,9-10,24H,(H2,20,21)(H,22,23). The molecule has 5 nitrogen and oxygen atoms in total. The van der Waals surface area contributed by atoms with E-state index in [1.54, 1.807) is 48.1 Å². The van der Waals surface area contributed by atoms with Crippen LogP contribution in [0.25, 0.3) is 10.8 Å². The van der Waals surface area contributed by atoms with Gasteiger partial charge in [-0.25, -0.2) is 10.5 Å². The second kappa shape index (κ2) is 6.59. The lowest BCUT2D eigenvalue weighted by molar-refractivity contribution is 0.0706. The molecule has 0 radical (unpaired) electrons. The van der Waals surface area contributed by atoms with Crippen LogP contribution in [0.1, 0.15) is 21.5 Å². The van der Waals surface area contributed by atoms with E-state index in [0.717, 1.165) is 10.8 Å². The Morgan fingerprint density at radius 3 is 2.62 bits per heavy atom. The van der Waals surface area contributed by atoms with Gasteiger partial charge in [-0.2, -0.15) is 0 Å². The molecule has 1 amide bonds. The fraction of sp³-hybridized carbons (Fsp3) is 0. The number of hydroxylamine groups is 1. The highest BCUT2D eigenvalue weighted by Gasteiger charge is 2.06. The van der Waals surface area contributed by atoms with Gasteiger partial charge < -0.3 is 5.73 Å². The number of carbonyl (C=O) groups excluding carboxylic acids is 1. The lowest BCUT2D eigenvalue weighted by Gasteiger charge is -2.04. The first-order valence-electron chi connectivity index (χ1n) is 6.99. The Labute approximate surface area is 143 Å². The van der Waals surface area contributed by atoms with E-state index >= 15 is 0 Å². The molecule has 0 spiro atoms. The van der Waals surface area contributed by atoms with Gasteiger partial charge in [0.05, 0.1) is 5.56 Å². The summed E-state index contributed by atoms with van der Waals surface area (Å²) in [6, 6.07) is 11.9. The number of nitrogens with zero attached hydrogens (tertiary/aromatic N) is 1. The number of aromatic nitrogens is 1. The lowest BCUT2D eigenvalue weighted by Crippen LogP contribution is -2.18. The van der Waals surface area contributed by atoms with Gasteiger partial charge in [-0.05, 0) is 36.4 Å². The van der Waals surface area contributed by atoms with E-state index in [1.807, 2.05) is 6.07 Å². The van der Waals surface area contributed by atoms with E-state index in [2.05, 4.69) is 16.8 Å². The summed E-state index contributed by atoms with van der Waals surface area (Å²) < 4.78 is 0.